The second-order valence-electron chi connectivity index (χ2n) is 5.32. The Morgan fingerprint density at radius 3 is 2.55 bits per heavy atom. The molecule has 9 heteroatoms. The summed E-state index contributed by atoms with van der Waals surface area (Å²) in [7, 11) is 0. The van der Waals surface area contributed by atoms with Crippen molar-refractivity contribution in [2.75, 3.05) is 11.1 Å². The van der Waals surface area contributed by atoms with Gasteiger partial charge in [0.25, 0.3) is 0 Å². The van der Waals surface area contributed by atoms with Crippen LogP contribution in [0.2, 0.25) is 0 Å². The first-order chi connectivity index (χ1) is 9.11. The molecule has 0 aliphatic heterocycles. The number of carbonyl (C=O) groups is 1. The first-order valence-electron chi connectivity index (χ1n) is 5.95. The second-order valence-corrected chi connectivity index (χ2v) is 5.32. The summed E-state index contributed by atoms with van der Waals surface area (Å²) >= 11 is 0. The molecule has 20 heavy (non-hydrogen) atoms. The number of aromatic nitrogens is 2. The lowest BCUT2D eigenvalue weighted by Gasteiger charge is -2.23. The molecule has 1 aromatic heterocycles. The van der Waals surface area contributed by atoms with E-state index in [0.717, 1.165) is 6.33 Å². The number of nitrogens with two attached hydrogens (primary N) is 1. The van der Waals surface area contributed by atoms with Gasteiger partial charge in [0, 0.05) is 5.54 Å². The van der Waals surface area contributed by atoms with Gasteiger partial charge < -0.3 is 16.4 Å². The Kier molecular flexibility index (Phi) is 4.43. The van der Waals surface area contributed by atoms with Gasteiger partial charge in [-0.2, -0.15) is 0 Å². The van der Waals surface area contributed by atoms with Crippen LogP contribution in [0.15, 0.2) is 6.33 Å². The van der Waals surface area contributed by atoms with Gasteiger partial charge in [-0.3, -0.25) is 14.9 Å². The number of hydrogen-bond acceptors (Lipinski definition) is 7. The highest BCUT2D eigenvalue weighted by atomic mass is 16.6. The first-order valence-corrected chi connectivity index (χ1v) is 5.95. The van der Waals surface area contributed by atoms with E-state index < -0.39 is 22.2 Å². The average molecular weight is 282 g/mol. The molecule has 0 saturated carbocycles. The van der Waals surface area contributed by atoms with E-state index >= 15 is 0 Å². The van der Waals surface area contributed by atoms with Gasteiger partial charge in [0.2, 0.25) is 17.5 Å². The summed E-state index contributed by atoms with van der Waals surface area (Å²) in [5, 5.41) is 16.4. The Morgan fingerprint density at radius 2 is 2.05 bits per heavy atom. The standard InChI is InChI=1S/C11H18N6O3/c1-6(10(18)16-11(2,3)4)15-9-7(17(19)20)8(12)13-5-14-9/h5-6H,1-4H3,(H,16,18)(H3,12,13,14,15). The van der Waals surface area contributed by atoms with Crippen molar-refractivity contribution in [3.8, 4) is 0 Å². The van der Waals surface area contributed by atoms with Crippen molar-refractivity contribution < 1.29 is 9.72 Å². The van der Waals surface area contributed by atoms with Crippen molar-refractivity contribution in [1.29, 1.82) is 0 Å². The summed E-state index contributed by atoms with van der Waals surface area (Å²) in [4.78, 5) is 29.5. The zero-order chi connectivity index (χ0) is 15.5. The Bertz CT molecular complexity index is 525. The van der Waals surface area contributed by atoms with E-state index in [9.17, 15) is 14.9 Å². The molecule has 1 unspecified atom stereocenters. The lowest BCUT2D eigenvalue weighted by Crippen LogP contribution is -2.47. The highest BCUT2D eigenvalue weighted by Crippen LogP contribution is 2.26. The molecule has 1 amide bonds. The minimum atomic E-state index is -0.706. The Labute approximate surface area is 116 Å². The van der Waals surface area contributed by atoms with Gasteiger partial charge in [0.15, 0.2) is 0 Å². The lowest BCUT2D eigenvalue weighted by atomic mass is 10.1. The maximum atomic E-state index is 11.9. The van der Waals surface area contributed by atoms with Gasteiger partial charge in [-0.1, -0.05) is 0 Å². The molecule has 1 heterocycles. The fourth-order valence-electron chi connectivity index (χ4n) is 1.43. The van der Waals surface area contributed by atoms with Gasteiger partial charge >= 0.3 is 5.69 Å². The maximum absolute atomic E-state index is 11.9. The Balaban J connectivity index is 2.91. The molecule has 0 aromatic carbocycles. The first kappa shape index (κ1) is 15.6. The number of nitrogens with one attached hydrogen (secondary N) is 2. The molecule has 0 saturated heterocycles. The third kappa shape index (κ3) is 4.04. The molecular weight excluding hydrogens is 264 g/mol. The van der Waals surface area contributed by atoms with Gasteiger partial charge in [0.1, 0.15) is 12.4 Å². The number of nitrogen functional groups attached to an aromatic ring is 1. The van der Waals surface area contributed by atoms with Gasteiger partial charge in [-0.15, -0.1) is 0 Å². The summed E-state index contributed by atoms with van der Waals surface area (Å²) in [6.07, 6.45) is 1.10. The maximum Gasteiger partial charge on any atom is 0.353 e. The smallest absolute Gasteiger partial charge is 0.353 e. The van der Waals surface area contributed by atoms with Crippen molar-refractivity contribution in [1.82, 2.24) is 15.3 Å². The second kappa shape index (κ2) is 5.68. The van der Waals surface area contributed by atoms with Crippen LogP contribution in [0.25, 0.3) is 0 Å². The van der Waals surface area contributed by atoms with E-state index in [2.05, 4.69) is 20.6 Å². The molecule has 0 bridgehead atoms. The molecule has 0 aliphatic rings. The number of nitrogens with zero attached hydrogens (tertiary/aromatic N) is 3. The van der Waals surface area contributed by atoms with Crippen LogP contribution in [-0.2, 0) is 4.79 Å². The summed E-state index contributed by atoms with van der Waals surface area (Å²) in [6, 6.07) is -0.706. The Morgan fingerprint density at radius 1 is 1.45 bits per heavy atom. The molecular formula is C11H18N6O3. The molecule has 0 spiro atoms. The van der Waals surface area contributed by atoms with E-state index in [0.29, 0.717) is 0 Å². The summed E-state index contributed by atoms with van der Waals surface area (Å²) in [5.74, 6) is -0.640. The number of nitro groups is 1. The third-order valence-electron chi connectivity index (χ3n) is 2.28. The SMILES string of the molecule is CC(Nc1ncnc(N)c1[N+](=O)[O-])C(=O)NC(C)(C)C. The minimum Gasteiger partial charge on any atom is -0.378 e. The predicted octanol–water partition coefficient (Wildman–Crippen LogP) is 0.682. The lowest BCUT2D eigenvalue weighted by molar-refractivity contribution is -0.383. The highest BCUT2D eigenvalue weighted by molar-refractivity contribution is 5.85. The van der Waals surface area contributed by atoms with Crippen LogP contribution in [0.1, 0.15) is 27.7 Å². The monoisotopic (exact) mass is 282 g/mol. The van der Waals surface area contributed by atoms with Crippen LogP contribution < -0.4 is 16.4 Å². The summed E-state index contributed by atoms with van der Waals surface area (Å²) in [5.41, 5.74) is 4.60. The van der Waals surface area contributed by atoms with Gasteiger partial charge in [0.05, 0.1) is 4.92 Å². The van der Waals surface area contributed by atoms with Gasteiger partial charge in [-0.05, 0) is 27.7 Å². The molecule has 1 atom stereocenters. The van der Waals surface area contributed by atoms with Gasteiger partial charge in [-0.25, -0.2) is 9.97 Å². The van der Waals surface area contributed by atoms with E-state index in [1.807, 2.05) is 20.8 Å². The molecule has 1 aromatic rings. The van der Waals surface area contributed by atoms with Crippen LogP contribution in [0.4, 0.5) is 17.3 Å². The quantitative estimate of drug-likeness (QED) is 0.545. The van der Waals surface area contributed by atoms with E-state index in [4.69, 9.17) is 5.73 Å². The largest absolute Gasteiger partial charge is 0.378 e. The van der Waals surface area contributed by atoms with Crippen molar-refractivity contribution in [3.05, 3.63) is 16.4 Å². The predicted molar refractivity (Wildman–Crippen MR) is 74.1 cm³/mol. The van der Waals surface area contributed by atoms with Crippen LogP contribution in [-0.4, -0.2) is 32.4 Å². The topological polar surface area (TPSA) is 136 Å². The Hall–Kier alpha value is -2.45. The molecule has 1 rings (SSSR count). The van der Waals surface area contributed by atoms with Crippen LogP contribution >= 0.6 is 0 Å². The van der Waals surface area contributed by atoms with E-state index in [-0.39, 0.29) is 17.5 Å². The van der Waals surface area contributed by atoms with Crippen molar-refractivity contribution in [3.63, 3.8) is 0 Å². The van der Waals surface area contributed by atoms with Crippen molar-refractivity contribution >= 4 is 23.2 Å². The minimum absolute atomic E-state index is 0.0842. The van der Waals surface area contributed by atoms with Crippen molar-refractivity contribution in [2.24, 2.45) is 0 Å². The molecule has 9 nitrogen and oxygen atoms in total. The van der Waals surface area contributed by atoms with Crippen LogP contribution in [0, 0.1) is 10.1 Å². The summed E-state index contributed by atoms with van der Waals surface area (Å²) < 4.78 is 0. The van der Waals surface area contributed by atoms with E-state index in [1.165, 1.54) is 0 Å². The van der Waals surface area contributed by atoms with Crippen molar-refractivity contribution in [2.45, 2.75) is 39.3 Å². The number of amides is 1. The fourth-order valence-corrected chi connectivity index (χ4v) is 1.43. The normalized spacial score (nSPS) is 12.6. The highest BCUT2D eigenvalue weighted by Gasteiger charge is 2.25. The fraction of sp³-hybridized carbons (Fsp3) is 0.545. The number of rotatable bonds is 4. The summed E-state index contributed by atoms with van der Waals surface area (Å²) in [6.45, 7) is 7.08. The molecule has 0 fully saturated rings. The zero-order valence-electron chi connectivity index (χ0n) is 11.8. The van der Waals surface area contributed by atoms with E-state index in [1.54, 1.807) is 6.92 Å². The molecule has 110 valence electrons. The molecule has 0 aliphatic carbocycles. The molecule has 0 radical (unpaired) electrons. The molecule has 4 N–H and O–H groups in total. The zero-order valence-corrected chi connectivity index (χ0v) is 11.8. The number of anilines is 2. The number of hydrogen-bond donors (Lipinski definition) is 3. The van der Waals surface area contributed by atoms with Crippen LogP contribution in [0.3, 0.4) is 0 Å². The third-order valence-corrected chi connectivity index (χ3v) is 2.28. The average Bonchev–Trinajstić information content (AvgIpc) is 2.25. The number of carbonyl (C=O) groups excluding carboxylic acids is 1. The van der Waals surface area contributed by atoms with Crippen LogP contribution in [0.5, 0.6) is 0 Å².